The molecular formula is C17H15FN2OS. The average Bonchev–Trinajstić information content (AvgIpc) is 2.54. The highest BCUT2D eigenvalue weighted by Gasteiger charge is 2.28. The third-order valence-electron chi connectivity index (χ3n) is 3.80. The van der Waals surface area contributed by atoms with Gasteiger partial charge < -0.3 is 0 Å². The molecule has 0 bridgehead atoms. The molecule has 0 saturated carbocycles. The van der Waals surface area contributed by atoms with Crippen LogP contribution in [0, 0.1) is 5.82 Å². The molecule has 5 heteroatoms. The third-order valence-corrected chi connectivity index (χ3v) is 4.42. The van der Waals surface area contributed by atoms with E-state index in [-0.39, 0.29) is 17.6 Å². The van der Waals surface area contributed by atoms with Gasteiger partial charge in [-0.05, 0) is 30.4 Å². The van der Waals surface area contributed by atoms with Crippen molar-refractivity contribution in [1.82, 2.24) is 4.98 Å². The van der Waals surface area contributed by atoms with Crippen LogP contribution >= 0.6 is 11.8 Å². The maximum atomic E-state index is 14.2. The minimum atomic E-state index is -0.349. The Morgan fingerprint density at radius 2 is 2.05 bits per heavy atom. The molecule has 22 heavy (non-hydrogen) atoms. The summed E-state index contributed by atoms with van der Waals surface area (Å²) in [6, 6.07) is 8.49. The van der Waals surface area contributed by atoms with E-state index in [0.717, 1.165) is 16.2 Å². The second-order valence-electron chi connectivity index (χ2n) is 5.05. The Morgan fingerprint density at radius 3 is 2.73 bits per heavy atom. The number of benzene rings is 1. The molecule has 112 valence electrons. The monoisotopic (exact) mass is 314 g/mol. The molecule has 0 aliphatic carbocycles. The molecule has 0 saturated heterocycles. The third kappa shape index (κ3) is 2.46. The Hall–Kier alpha value is -2.01. The predicted octanol–water partition coefficient (Wildman–Crippen LogP) is 4.06. The summed E-state index contributed by atoms with van der Waals surface area (Å²) >= 11 is 1.48. The van der Waals surface area contributed by atoms with Crippen molar-refractivity contribution in [3.05, 3.63) is 47.4 Å². The van der Waals surface area contributed by atoms with E-state index in [2.05, 4.69) is 9.98 Å². The predicted molar refractivity (Wildman–Crippen MR) is 87.0 cm³/mol. The number of pyridine rings is 1. The van der Waals surface area contributed by atoms with Crippen molar-refractivity contribution in [2.24, 2.45) is 4.99 Å². The second-order valence-corrected chi connectivity index (χ2v) is 5.87. The van der Waals surface area contributed by atoms with Gasteiger partial charge >= 0.3 is 0 Å². The van der Waals surface area contributed by atoms with Gasteiger partial charge in [-0.3, -0.25) is 4.79 Å². The van der Waals surface area contributed by atoms with Crippen LogP contribution in [0.1, 0.15) is 30.5 Å². The number of nitrogens with zero attached hydrogens (tertiary/aromatic N) is 2. The average molecular weight is 314 g/mol. The molecule has 0 fully saturated rings. The van der Waals surface area contributed by atoms with Gasteiger partial charge in [-0.25, -0.2) is 14.4 Å². The Bertz CT molecular complexity index is 773. The number of halogens is 1. The van der Waals surface area contributed by atoms with E-state index in [0.29, 0.717) is 17.7 Å². The zero-order valence-electron chi connectivity index (χ0n) is 12.3. The molecule has 1 aliphatic heterocycles. The first-order valence-corrected chi connectivity index (χ1v) is 8.30. The molecular weight excluding hydrogens is 299 g/mol. The number of rotatable bonds is 3. The maximum Gasteiger partial charge on any atom is 0.254 e. The van der Waals surface area contributed by atoms with E-state index in [1.54, 1.807) is 18.2 Å². The van der Waals surface area contributed by atoms with Gasteiger partial charge in [-0.15, -0.1) is 11.8 Å². The lowest BCUT2D eigenvalue weighted by molar-refractivity contribution is -0.119. The molecule has 3 rings (SSSR count). The van der Waals surface area contributed by atoms with E-state index < -0.39 is 0 Å². The van der Waals surface area contributed by atoms with Crippen LogP contribution in [0.5, 0.6) is 0 Å². The fraction of sp³-hybridized carbons (Fsp3) is 0.235. The quantitative estimate of drug-likeness (QED) is 0.802. The highest BCUT2D eigenvalue weighted by Crippen LogP contribution is 2.35. The van der Waals surface area contributed by atoms with Gasteiger partial charge in [0.15, 0.2) is 0 Å². The molecule has 2 aromatic rings. The summed E-state index contributed by atoms with van der Waals surface area (Å²) < 4.78 is 14.2. The van der Waals surface area contributed by atoms with Crippen molar-refractivity contribution < 1.29 is 9.18 Å². The number of aromatic nitrogens is 1. The first-order valence-electron chi connectivity index (χ1n) is 7.07. The molecule has 1 amide bonds. The van der Waals surface area contributed by atoms with Gasteiger partial charge in [-0.1, -0.05) is 25.1 Å². The van der Waals surface area contributed by atoms with Crippen molar-refractivity contribution in [2.75, 3.05) is 6.26 Å². The van der Waals surface area contributed by atoms with Crippen LogP contribution in [-0.2, 0) is 4.79 Å². The van der Waals surface area contributed by atoms with E-state index in [1.807, 2.05) is 19.2 Å². The summed E-state index contributed by atoms with van der Waals surface area (Å²) in [7, 11) is 0. The summed E-state index contributed by atoms with van der Waals surface area (Å²) in [5.74, 6) is -0.820. The smallest absolute Gasteiger partial charge is 0.254 e. The molecule has 1 unspecified atom stereocenters. The van der Waals surface area contributed by atoms with Crippen LogP contribution in [0.4, 0.5) is 4.39 Å². The molecule has 1 aromatic heterocycles. The van der Waals surface area contributed by atoms with Gasteiger partial charge in [0, 0.05) is 17.3 Å². The van der Waals surface area contributed by atoms with Crippen molar-refractivity contribution in [2.45, 2.75) is 24.3 Å². The largest absolute Gasteiger partial charge is 0.272 e. The maximum absolute atomic E-state index is 14.2. The number of amides is 1. The Balaban J connectivity index is 2.29. The summed E-state index contributed by atoms with van der Waals surface area (Å²) in [4.78, 5) is 20.5. The molecule has 0 N–H and O–H groups in total. The number of carbonyl (C=O) groups is 1. The zero-order valence-corrected chi connectivity index (χ0v) is 13.2. The highest BCUT2D eigenvalue weighted by molar-refractivity contribution is 7.98. The molecule has 2 heterocycles. The van der Waals surface area contributed by atoms with Gasteiger partial charge in [-0.2, -0.15) is 0 Å². The summed E-state index contributed by atoms with van der Waals surface area (Å²) in [6.45, 7) is 1.93. The number of hydrogen-bond donors (Lipinski definition) is 0. The topological polar surface area (TPSA) is 42.3 Å². The summed E-state index contributed by atoms with van der Waals surface area (Å²) in [6.07, 6.45) is 4.06. The SMILES string of the molecule is CCC1C(=O)N=Cc2c(-c3ccccc3F)cc(SC)nc21. The Kier molecular flexibility index (Phi) is 4.07. The molecule has 1 aliphatic rings. The van der Waals surface area contributed by atoms with E-state index >= 15 is 0 Å². The van der Waals surface area contributed by atoms with Crippen molar-refractivity contribution >= 4 is 23.9 Å². The minimum Gasteiger partial charge on any atom is -0.272 e. The van der Waals surface area contributed by atoms with Gasteiger partial charge in [0.25, 0.3) is 5.91 Å². The van der Waals surface area contributed by atoms with Crippen LogP contribution < -0.4 is 0 Å². The standard InChI is InChI=1S/C17H15FN2OS/c1-3-10-16-13(9-19-17(10)21)12(8-15(20-16)22-2)11-6-4-5-7-14(11)18/h4-10H,3H2,1-2H3. The fourth-order valence-corrected chi connectivity index (χ4v) is 3.09. The zero-order chi connectivity index (χ0) is 15.7. The number of hydrogen-bond acceptors (Lipinski definition) is 3. The van der Waals surface area contributed by atoms with Crippen molar-refractivity contribution in [1.29, 1.82) is 0 Å². The van der Waals surface area contributed by atoms with Crippen LogP contribution in [0.15, 0.2) is 40.4 Å². The number of thioether (sulfide) groups is 1. The lowest BCUT2D eigenvalue weighted by Crippen LogP contribution is -2.19. The van der Waals surface area contributed by atoms with Crippen LogP contribution in [-0.4, -0.2) is 23.4 Å². The molecule has 1 aromatic carbocycles. The minimum absolute atomic E-state index is 0.180. The normalized spacial score (nSPS) is 16.7. The number of fused-ring (bicyclic) bond motifs is 1. The lowest BCUT2D eigenvalue weighted by Gasteiger charge is -2.21. The Labute approximate surface area is 132 Å². The number of aliphatic imine (C=N–C) groups is 1. The molecule has 1 atom stereocenters. The van der Waals surface area contributed by atoms with Gasteiger partial charge in [0.05, 0.1) is 16.6 Å². The van der Waals surface area contributed by atoms with Gasteiger partial charge in [0.1, 0.15) is 5.82 Å². The molecule has 3 nitrogen and oxygen atoms in total. The fourth-order valence-electron chi connectivity index (χ4n) is 2.66. The molecule has 0 spiro atoms. The first-order chi connectivity index (χ1) is 10.7. The first kappa shape index (κ1) is 14.9. The lowest BCUT2D eigenvalue weighted by atomic mass is 9.90. The molecule has 0 radical (unpaired) electrons. The van der Waals surface area contributed by atoms with Gasteiger partial charge in [0.2, 0.25) is 0 Å². The van der Waals surface area contributed by atoms with Crippen LogP contribution in [0.25, 0.3) is 11.1 Å². The van der Waals surface area contributed by atoms with E-state index in [4.69, 9.17) is 0 Å². The second kappa shape index (κ2) is 6.01. The van der Waals surface area contributed by atoms with E-state index in [1.165, 1.54) is 24.0 Å². The van der Waals surface area contributed by atoms with E-state index in [9.17, 15) is 9.18 Å². The van der Waals surface area contributed by atoms with Crippen LogP contribution in [0.3, 0.4) is 0 Å². The Morgan fingerprint density at radius 1 is 1.27 bits per heavy atom. The summed E-state index contributed by atoms with van der Waals surface area (Å²) in [5, 5.41) is 0.776. The van der Waals surface area contributed by atoms with Crippen molar-refractivity contribution in [3.63, 3.8) is 0 Å². The summed E-state index contributed by atoms with van der Waals surface area (Å²) in [5.41, 5.74) is 2.69. The number of carbonyl (C=O) groups excluding carboxylic acids is 1. The van der Waals surface area contributed by atoms with Crippen LogP contribution in [0.2, 0.25) is 0 Å². The highest BCUT2D eigenvalue weighted by atomic mass is 32.2. The van der Waals surface area contributed by atoms with Crippen molar-refractivity contribution in [3.8, 4) is 11.1 Å².